The summed E-state index contributed by atoms with van der Waals surface area (Å²) in [6.45, 7) is 2.06. The first-order valence-electron chi connectivity index (χ1n) is 9.56. The van der Waals surface area contributed by atoms with E-state index in [0.29, 0.717) is 29.7 Å². The largest absolute Gasteiger partial charge is 0.355 e. The van der Waals surface area contributed by atoms with Crippen LogP contribution in [0.5, 0.6) is 0 Å². The average molecular weight is 413 g/mol. The number of benzene rings is 1. The van der Waals surface area contributed by atoms with Gasteiger partial charge in [0.15, 0.2) is 0 Å². The first-order chi connectivity index (χ1) is 14.2. The zero-order valence-electron chi connectivity index (χ0n) is 15.8. The van der Waals surface area contributed by atoms with Crippen LogP contribution >= 0.6 is 11.6 Å². The fourth-order valence-electron chi connectivity index (χ4n) is 3.33. The lowest BCUT2D eigenvalue weighted by Gasteiger charge is -2.31. The maximum atomic E-state index is 12.5. The van der Waals surface area contributed by atoms with E-state index in [1.807, 2.05) is 12.1 Å². The summed E-state index contributed by atoms with van der Waals surface area (Å²) in [5.74, 6) is 1.95. The molecule has 8 nitrogen and oxygen atoms in total. The van der Waals surface area contributed by atoms with E-state index in [4.69, 9.17) is 16.1 Å². The number of aromatic nitrogens is 4. The quantitative estimate of drug-likeness (QED) is 0.664. The number of nitrogens with zero attached hydrogens (tertiary/aromatic N) is 5. The van der Waals surface area contributed by atoms with E-state index in [1.165, 1.54) is 0 Å². The highest BCUT2D eigenvalue weighted by Gasteiger charge is 2.25. The fraction of sp³-hybridized carbons (Fsp3) is 0.350. The standard InChI is InChI=1S/C20H21ClN6O2/c21-16-3-1-14(2-4-16)19-25-18(29-26-19)5-8-24-20(28)15-6-11-27(12-7-15)17-13-22-9-10-23-17/h1-4,9-10,13,15H,5-8,11-12H2,(H,24,28). The molecule has 0 bridgehead atoms. The Bertz CT molecular complexity index is 939. The minimum atomic E-state index is 0.00948. The van der Waals surface area contributed by atoms with Crippen LogP contribution in [0.25, 0.3) is 11.4 Å². The number of hydrogen-bond acceptors (Lipinski definition) is 7. The minimum absolute atomic E-state index is 0.00948. The first-order valence-corrected chi connectivity index (χ1v) is 9.94. The van der Waals surface area contributed by atoms with Crippen molar-refractivity contribution in [2.24, 2.45) is 5.92 Å². The van der Waals surface area contributed by atoms with Crippen molar-refractivity contribution in [2.45, 2.75) is 19.3 Å². The molecule has 0 radical (unpaired) electrons. The molecule has 1 N–H and O–H groups in total. The molecule has 150 valence electrons. The van der Waals surface area contributed by atoms with Crippen LogP contribution in [0, 0.1) is 5.92 Å². The summed E-state index contributed by atoms with van der Waals surface area (Å²) in [5.41, 5.74) is 0.836. The van der Waals surface area contributed by atoms with Gasteiger partial charge in [-0.05, 0) is 37.1 Å². The fourth-order valence-corrected chi connectivity index (χ4v) is 3.46. The number of anilines is 1. The van der Waals surface area contributed by atoms with Gasteiger partial charge in [0.25, 0.3) is 0 Å². The molecule has 0 unspecified atom stereocenters. The van der Waals surface area contributed by atoms with E-state index in [1.54, 1.807) is 30.7 Å². The minimum Gasteiger partial charge on any atom is -0.355 e. The second-order valence-electron chi connectivity index (χ2n) is 6.88. The van der Waals surface area contributed by atoms with Gasteiger partial charge in [0.05, 0.1) is 6.20 Å². The summed E-state index contributed by atoms with van der Waals surface area (Å²) in [4.78, 5) is 27.4. The number of hydrogen-bond donors (Lipinski definition) is 1. The molecule has 3 heterocycles. The van der Waals surface area contributed by atoms with Crippen molar-refractivity contribution in [3.05, 3.63) is 53.8 Å². The van der Waals surface area contributed by atoms with Gasteiger partial charge >= 0.3 is 0 Å². The molecule has 1 fully saturated rings. The molecule has 9 heteroatoms. The molecule has 0 spiro atoms. The number of carbonyl (C=O) groups excluding carboxylic acids is 1. The predicted molar refractivity (Wildman–Crippen MR) is 108 cm³/mol. The number of nitrogens with one attached hydrogen (secondary N) is 1. The van der Waals surface area contributed by atoms with Crippen molar-refractivity contribution < 1.29 is 9.32 Å². The molecule has 0 aliphatic carbocycles. The summed E-state index contributed by atoms with van der Waals surface area (Å²) in [6, 6.07) is 7.24. The molecule has 2 aromatic heterocycles. The lowest BCUT2D eigenvalue weighted by Crippen LogP contribution is -2.41. The number of halogens is 1. The summed E-state index contributed by atoms with van der Waals surface area (Å²) in [6.07, 6.45) is 7.18. The van der Waals surface area contributed by atoms with Crippen LogP contribution in [0.2, 0.25) is 5.02 Å². The summed E-state index contributed by atoms with van der Waals surface area (Å²) in [7, 11) is 0. The number of rotatable bonds is 6. The Hall–Kier alpha value is -3.00. The van der Waals surface area contributed by atoms with Gasteiger partial charge in [0.1, 0.15) is 5.82 Å². The molecule has 1 saturated heterocycles. The van der Waals surface area contributed by atoms with Crippen molar-refractivity contribution in [3.8, 4) is 11.4 Å². The Morgan fingerprint density at radius 1 is 1.21 bits per heavy atom. The van der Waals surface area contributed by atoms with Crippen molar-refractivity contribution >= 4 is 23.3 Å². The molecule has 0 saturated carbocycles. The van der Waals surface area contributed by atoms with E-state index in [-0.39, 0.29) is 11.8 Å². The number of carbonyl (C=O) groups is 1. The van der Waals surface area contributed by atoms with Crippen molar-refractivity contribution in [3.63, 3.8) is 0 Å². The summed E-state index contributed by atoms with van der Waals surface area (Å²) < 4.78 is 5.27. The number of amides is 1. The number of piperidine rings is 1. The maximum absolute atomic E-state index is 12.5. The molecule has 1 amide bonds. The first kappa shape index (κ1) is 19.3. The highest BCUT2D eigenvalue weighted by molar-refractivity contribution is 6.30. The third kappa shape index (κ3) is 4.89. The SMILES string of the molecule is O=C(NCCc1nc(-c2ccc(Cl)cc2)no1)C1CCN(c2cnccn2)CC1. The molecule has 29 heavy (non-hydrogen) atoms. The van der Waals surface area contributed by atoms with Gasteiger partial charge in [0, 0.05) is 55.0 Å². The predicted octanol–water partition coefficient (Wildman–Crippen LogP) is 2.76. The normalized spacial score (nSPS) is 14.7. The molecule has 3 aromatic rings. The average Bonchev–Trinajstić information content (AvgIpc) is 3.24. The Kier molecular flexibility index (Phi) is 6.00. The van der Waals surface area contributed by atoms with Gasteiger partial charge in [-0.15, -0.1) is 0 Å². The Balaban J connectivity index is 1.22. The molecular formula is C20H21ClN6O2. The molecule has 0 atom stereocenters. The van der Waals surface area contributed by atoms with Gasteiger partial charge in [-0.25, -0.2) is 4.98 Å². The Morgan fingerprint density at radius 2 is 2.00 bits per heavy atom. The van der Waals surface area contributed by atoms with Gasteiger partial charge < -0.3 is 14.7 Å². The molecule has 1 aliphatic rings. The molecular weight excluding hydrogens is 392 g/mol. The van der Waals surface area contributed by atoms with E-state index in [0.717, 1.165) is 37.3 Å². The lowest BCUT2D eigenvalue weighted by atomic mass is 9.96. The van der Waals surface area contributed by atoms with Crippen molar-refractivity contribution in [1.29, 1.82) is 0 Å². The van der Waals surface area contributed by atoms with Gasteiger partial charge in [-0.1, -0.05) is 16.8 Å². The van der Waals surface area contributed by atoms with Crippen LogP contribution in [0.3, 0.4) is 0 Å². The van der Waals surface area contributed by atoms with Crippen LogP contribution < -0.4 is 10.2 Å². The Labute approximate surface area is 173 Å². The molecule has 1 aromatic carbocycles. The van der Waals surface area contributed by atoms with E-state index in [2.05, 4.69) is 30.3 Å². The molecule has 4 rings (SSSR count). The highest BCUT2D eigenvalue weighted by atomic mass is 35.5. The summed E-state index contributed by atoms with van der Waals surface area (Å²) >= 11 is 5.89. The van der Waals surface area contributed by atoms with Crippen LogP contribution in [0.15, 0.2) is 47.4 Å². The van der Waals surface area contributed by atoms with Gasteiger partial charge in [-0.2, -0.15) is 4.98 Å². The smallest absolute Gasteiger partial charge is 0.228 e. The monoisotopic (exact) mass is 412 g/mol. The van der Waals surface area contributed by atoms with Crippen LogP contribution in [-0.4, -0.2) is 45.7 Å². The van der Waals surface area contributed by atoms with E-state index < -0.39 is 0 Å². The third-order valence-electron chi connectivity index (χ3n) is 4.95. The third-order valence-corrected chi connectivity index (χ3v) is 5.20. The lowest BCUT2D eigenvalue weighted by molar-refractivity contribution is -0.125. The second kappa shape index (κ2) is 9.00. The van der Waals surface area contributed by atoms with Gasteiger partial charge in [-0.3, -0.25) is 9.78 Å². The van der Waals surface area contributed by atoms with Crippen LogP contribution in [-0.2, 0) is 11.2 Å². The van der Waals surface area contributed by atoms with Crippen LogP contribution in [0.4, 0.5) is 5.82 Å². The topological polar surface area (TPSA) is 97.0 Å². The molecule has 1 aliphatic heterocycles. The highest BCUT2D eigenvalue weighted by Crippen LogP contribution is 2.21. The second-order valence-corrected chi connectivity index (χ2v) is 7.32. The van der Waals surface area contributed by atoms with Crippen molar-refractivity contribution in [1.82, 2.24) is 25.4 Å². The van der Waals surface area contributed by atoms with E-state index >= 15 is 0 Å². The van der Waals surface area contributed by atoms with Crippen molar-refractivity contribution in [2.75, 3.05) is 24.5 Å². The zero-order chi connectivity index (χ0) is 20.1. The Morgan fingerprint density at radius 3 is 2.72 bits per heavy atom. The maximum Gasteiger partial charge on any atom is 0.228 e. The summed E-state index contributed by atoms with van der Waals surface area (Å²) in [5, 5.41) is 7.62. The van der Waals surface area contributed by atoms with Crippen LogP contribution in [0.1, 0.15) is 18.7 Å². The van der Waals surface area contributed by atoms with E-state index in [9.17, 15) is 4.79 Å². The zero-order valence-corrected chi connectivity index (χ0v) is 16.5. The van der Waals surface area contributed by atoms with Gasteiger partial charge in [0.2, 0.25) is 17.6 Å².